The zero-order valence-corrected chi connectivity index (χ0v) is 24.7. The van der Waals surface area contributed by atoms with E-state index in [0.717, 1.165) is 34.4 Å². The number of benzene rings is 4. The lowest BCUT2D eigenvalue weighted by Gasteiger charge is -2.41. The van der Waals surface area contributed by atoms with Crippen LogP contribution in [-0.2, 0) is 10.2 Å². The molecule has 41 heavy (non-hydrogen) atoms. The van der Waals surface area contributed by atoms with Crippen LogP contribution in [-0.4, -0.2) is 28.5 Å². The van der Waals surface area contributed by atoms with Crippen molar-refractivity contribution in [1.82, 2.24) is 4.90 Å². The van der Waals surface area contributed by atoms with Gasteiger partial charge in [0, 0.05) is 34.2 Å². The number of rotatable bonds is 7. The number of carbonyl (C=O) groups excluding carboxylic acids is 1. The van der Waals surface area contributed by atoms with Crippen LogP contribution in [0.15, 0.2) is 103 Å². The minimum Gasteiger partial charge on any atom is -0.386 e. The maximum atomic E-state index is 14.5. The summed E-state index contributed by atoms with van der Waals surface area (Å²) in [5.74, 6) is 0.0578. The summed E-state index contributed by atoms with van der Waals surface area (Å²) in [5, 5.41) is 16.5. The number of fused-ring (bicyclic) bond motifs is 2. The molecule has 1 spiro atoms. The summed E-state index contributed by atoms with van der Waals surface area (Å²) in [6.45, 7) is 4.95. The van der Waals surface area contributed by atoms with Crippen molar-refractivity contribution in [3.05, 3.63) is 135 Å². The monoisotopic (exact) mass is 584 g/mol. The minimum atomic E-state index is -0.904. The van der Waals surface area contributed by atoms with Crippen LogP contribution < -0.4 is 5.32 Å². The number of anilines is 1. The topological polar surface area (TPSA) is 52.6 Å². The number of nitrogens with one attached hydrogen (secondary N) is 1. The van der Waals surface area contributed by atoms with Gasteiger partial charge in [0.25, 0.3) is 0 Å². The minimum absolute atomic E-state index is 0.0334. The quantitative estimate of drug-likeness (QED) is 0.230. The smallest absolute Gasteiger partial charge is 0.237 e. The molecule has 0 aliphatic carbocycles. The normalized spacial score (nSPS) is 23.5. The molecule has 1 saturated heterocycles. The van der Waals surface area contributed by atoms with Crippen LogP contribution in [0.4, 0.5) is 5.69 Å². The molecule has 2 aliphatic heterocycles. The first kappa shape index (κ1) is 28.0. The predicted octanol–water partition coefficient (Wildman–Crippen LogP) is 8.17. The van der Waals surface area contributed by atoms with Crippen molar-refractivity contribution in [1.29, 1.82) is 0 Å². The van der Waals surface area contributed by atoms with Crippen molar-refractivity contribution in [2.75, 3.05) is 11.9 Å². The van der Waals surface area contributed by atoms with E-state index in [4.69, 9.17) is 23.2 Å². The number of aliphatic hydroxyl groups is 1. The van der Waals surface area contributed by atoms with Gasteiger partial charge in [-0.3, -0.25) is 9.69 Å². The summed E-state index contributed by atoms with van der Waals surface area (Å²) in [6, 6.07) is 33.0. The lowest BCUT2D eigenvalue weighted by atomic mass is 9.65. The Bertz CT molecular complexity index is 1540. The Balaban J connectivity index is 1.60. The molecule has 210 valence electrons. The zero-order valence-electron chi connectivity index (χ0n) is 23.2. The number of amides is 1. The highest BCUT2D eigenvalue weighted by Gasteiger charge is 2.64. The van der Waals surface area contributed by atoms with E-state index in [-0.39, 0.29) is 23.9 Å². The van der Waals surface area contributed by atoms with E-state index in [1.807, 2.05) is 84.9 Å². The van der Waals surface area contributed by atoms with Gasteiger partial charge in [-0.1, -0.05) is 116 Å². The van der Waals surface area contributed by atoms with Crippen LogP contribution >= 0.6 is 23.2 Å². The largest absolute Gasteiger partial charge is 0.386 e. The fourth-order valence-electron chi connectivity index (χ4n) is 7.19. The van der Waals surface area contributed by atoms with Crippen molar-refractivity contribution in [3.63, 3.8) is 0 Å². The average molecular weight is 586 g/mol. The Morgan fingerprint density at radius 3 is 2.20 bits per heavy atom. The molecule has 0 aromatic heterocycles. The van der Waals surface area contributed by atoms with E-state index >= 15 is 0 Å². The van der Waals surface area contributed by atoms with E-state index in [2.05, 4.69) is 42.3 Å². The highest BCUT2D eigenvalue weighted by Crippen LogP contribution is 2.59. The number of carbonyl (C=O) groups is 1. The number of hydrogen-bond acceptors (Lipinski definition) is 3. The Kier molecular flexibility index (Phi) is 7.69. The maximum absolute atomic E-state index is 14.5. The standard InChI is InChI=1S/C35H34Cl2N2O2/c1-22(2)18-31-35(28-17-16-27(37)20-30(28)38-34(35)41)29(25-14-9-15-26(36)19-25)21-39(31)32(23-10-5-3-6-11-23)33(40)24-12-7-4-8-13-24/h3-17,19-20,22,29,31-33,40H,18,21H2,1-2H3,(H,38,41)/t29-,31-,32-,33+,35-/m1/s1. The first-order valence-corrected chi connectivity index (χ1v) is 15.0. The Labute approximate surface area is 251 Å². The third-order valence-electron chi connectivity index (χ3n) is 8.80. The second-order valence-electron chi connectivity index (χ2n) is 11.7. The SMILES string of the molecule is CC(C)C[C@H]1N([C@H](c2ccccc2)[C@@H](O)c2ccccc2)C[C@H](c2cccc(Cl)c2)[C@@]12C(=O)Nc1cc(Cl)ccc12. The van der Waals surface area contributed by atoms with Crippen molar-refractivity contribution >= 4 is 34.8 Å². The molecular formula is C35H34Cl2N2O2. The summed E-state index contributed by atoms with van der Waals surface area (Å²) in [6.07, 6.45) is -0.0465. The van der Waals surface area contributed by atoms with Crippen LogP contribution in [0.5, 0.6) is 0 Å². The third kappa shape index (κ3) is 4.87. The second kappa shape index (κ2) is 11.3. The van der Waals surface area contributed by atoms with E-state index in [9.17, 15) is 9.90 Å². The number of likely N-dealkylation sites (tertiary alicyclic amines) is 1. The van der Waals surface area contributed by atoms with Gasteiger partial charge >= 0.3 is 0 Å². The van der Waals surface area contributed by atoms with E-state index in [1.165, 1.54) is 0 Å². The molecule has 1 fully saturated rings. The molecule has 4 aromatic carbocycles. The summed E-state index contributed by atoms with van der Waals surface area (Å²) in [5.41, 5.74) is 3.66. The molecule has 0 bridgehead atoms. The van der Waals surface area contributed by atoms with Crippen molar-refractivity contribution in [2.45, 2.75) is 49.8 Å². The van der Waals surface area contributed by atoms with Crippen molar-refractivity contribution < 1.29 is 9.90 Å². The lowest BCUT2D eigenvalue weighted by molar-refractivity contribution is -0.122. The molecule has 4 nitrogen and oxygen atoms in total. The summed E-state index contributed by atoms with van der Waals surface area (Å²) in [7, 11) is 0. The predicted molar refractivity (Wildman–Crippen MR) is 166 cm³/mol. The van der Waals surface area contributed by atoms with Crippen molar-refractivity contribution in [2.24, 2.45) is 5.92 Å². The molecular weight excluding hydrogens is 551 g/mol. The Morgan fingerprint density at radius 1 is 0.878 bits per heavy atom. The molecule has 2 N–H and O–H groups in total. The van der Waals surface area contributed by atoms with Gasteiger partial charge in [0.15, 0.2) is 0 Å². The highest BCUT2D eigenvalue weighted by atomic mass is 35.5. The van der Waals surface area contributed by atoms with Gasteiger partial charge in [0.05, 0.1) is 17.6 Å². The fraction of sp³-hybridized carbons (Fsp3) is 0.286. The maximum Gasteiger partial charge on any atom is 0.237 e. The molecule has 2 aliphatic rings. The number of nitrogens with zero attached hydrogens (tertiary/aromatic N) is 1. The molecule has 0 saturated carbocycles. The lowest BCUT2D eigenvalue weighted by Crippen LogP contribution is -2.51. The van der Waals surface area contributed by atoms with E-state index in [0.29, 0.717) is 22.5 Å². The van der Waals surface area contributed by atoms with Gasteiger partial charge in [-0.15, -0.1) is 0 Å². The van der Waals surface area contributed by atoms with Gasteiger partial charge in [-0.2, -0.15) is 0 Å². The Morgan fingerprint density at radius 2 is 1.54 bits per heavy atom. The van der Waals surface area contributed by atoms with Gasteiger partial charge in [0.2, 0.25) is 5.91 Å². The van der Waals surface area contributed by atoms with Crippen LogP contribution in [0.1, 0.15) is 60.6 Å². The molecule has 2 heterocycles. The molecule has 0 unspecified atom stereocenters. The molecule has 6 rings (SSSR count). The molecule has 4 aromatic rings. The van der Waals surface area contributed by atoms with Crippen LogP contribution in [0, 0.1) is 5.92 Å². The zero-order chi connectivity index (χ0) is 28.7. The van der Waals surface area contributed by atoms with Gasteiger partial charge in [0.1, 0.15) is 0 Å². The molecule has 0 radical (unpaired) electrons. The van der Waals surface area contributed by atoms with Crippen LogP contribution in [0.2, 0.25) is 10.0 Å². The van der Waals surface area contributed by atoms with Gasteiger partial charge < -0.3 is 10.4 Å². The fourth-order valence-corrected chi connectivity index (χ4v) is 7.56. The molecule has 1 amide bonds. The highest BCUT2D eigenvalue weighted by molar-refractivity contribution is 6.31. The first-order chi connectivity index (χ1) is 19.8. The van der Waals surface area contributed by atoms with E-state index < -0.39 is 11.5 Å². The number of halogens is 2. The Hall–Kier alpha value is -3.15. The molecule has 5 atom stereocenters. The number of aliphatic hydroxyl groups excluding tert-OH is 1. The van der Waals surface area contributed by atoms with Gasteiger partial charge in [-0.05, 0) is 58.9 Å². The first-order valence-electron chi connectivity index (χ1n) is 14.2. The van der Waals surface area contributed by atoms with Gasteiger partial charge in [-0.25, -0.2) is 0 Å². The molecule has 6 heteroatoms. The summed E-state index contributed by atoms with van der Waals surface area (Å²) >= 11 is 13.0. The summed E-state index contributed by atoms with van der Waals surface area (Å²) < 4.78 is 0. The third-order valence-corrected chi connectivity index (χ3v) is 9.27. The van der Waals surface area contributed by atoms with Crippen LogP contribution in [0.3, 0.4) is 0 Å². The van der Waals surface area contributed by atoms with Crippen molar-refractivity contribution in [3.8, 4) is 0 Å². The summed E-state index contributed by atoms with van der Waals surface area (Å²) in [4.78, 5) is 16.9. The number of hydrogen-bond donors (Lipinski definition) is 2. The van der Waals surface area contributed by atoms with E-state index in [1.54, 1.807) is 0 Å². The van der Waals surface area contributed by atoms with Crippen LogP contribution in [0.25, 0.3) is 0 Å². The average Bonchev–Trinajstić information content (AvgIpc) is 3.44. The second-order valence-corrected chi connectivity index (χ2v) is 12.5.